The number of likely N-dealkylation sites (tertiary alicyclic amines) is 1. The van der Waals surface area contributed by atoms with Gasteiger partial charge in [-0.05, 0) is 43.2 Å². The van der Waals surface area contributed by atoms with Crippen molar-refractivity contribution in [3.63, 3.8) is 0 Å². The molecule has 4 aromatic rings. The fourth-order valence-corrected chi connectivity index (χ4v) is 4.31. The van der Waals surface area contributed by atoms with Gasteiger partial charge in [0.05, 0.1) is 12.2 Å². The number of pyridine rings is 1. The van der Waals surface area contributed by atoms with Crippen LogP contribution >= 0.6 is 0 Å². The second-order valence-electron chi connectivity index (χ2n) is 7.78. The highest BCUT2D eigenvalue weighted by molar-refractivity contribution is 5.98. The van der Waals surface area contributed by atoms with Crippen LogP contribution < -0.4 is 5.73 Å². The lowest BCUT2D eigenvalue weighted by Gasteiger charge is -2.15. The maximum atomic E-state index is 13.1. The number of carbonyl (C=O) groups excluding carboxylic acids is 1. The van der Waals surface area contributed by atoms with Gasteiger partial charge in [0.25, 0.3) is 5.91 Å². The molecule has 1 aromatic carbocycles. The van der Waals surface area contributed by atoms with E-state index in [1.165, 1.54) is 5.56 Å². The molecule has 3 aromatic heterocycles. The molecule has 1 aliphatic heterocycles. The molecular weight excluding hydrogens is 364 g/mol. The third kappa shape index (κ3) is 3.07. The number of H-pyrrole nitrogens is 1. The number of carbonyl (C=O) groups is 1. The van der Waals surface area contributed by atoms with Gasteiger partial charge in [0.2, 0.25) is 0 Å². The van der Waals surface area contributed by atoms with Crippen molar-refractivity contribution < 1.29 is 4.79 Å². The molecule has 1 aliphatic rings. The van der Waals surface area contributed by atoms with Crippen LogP contribution in [0.5, 0.6) is 0 Å². The lowest BCUT2D eigenvalue weighted by molar-refractivity contribution is 0.0786. The first kappa shape index (κ1) is 17.9. The zero-order chi connectivity index (χ0) is 20.0. The molecule has 0 radical (unpaired) electrons. The first-order chi connectivity index (χ1) is 14.1. The highest BCUT2D eigenvalue weighted by atomic mass is 16.2. The number of aryl methyl sites for hydroxylation is 1. The predicted octanol–water partition coefficient (Wildman–Crippen LogP) is 2.81. The van der Waals surface area contributed by atoms with Crippen LogP contribution in [0, 0.1) is 6.92 Å². The lowest BCUT2D eigenvalue weighted by atomic mass is 10.0. The van der Waals surface area contributed by atoms with E-state index in [1.807, 2.05) is 27.8 Å². The highest BCUT2D eigenvalue weighted by Crippen LogP contribution is 2.32. The van der Waals surface area contributed by atoms with Crippen molar-refractivity contribution >= 4 is 27.8 Å². The van der Waals surface area contributed by atoms with Crippen LogP contribution in [0.1, 0.15) is 34.1 Å². The first-order valence-electron chi connectivity index (χ1n) is 10.0. The number of fused-ring (bicyclic) bond motifs is 2. The van der Waals surface area contributed by atoms with Crippen molar-refractivity contribution in [1.82, 2.24) is 24.6 Å². The van der Waals surface area contributed by atoms with Crippen molar-refractivity contribution in [2.45, 2.75) is 25.8 Å². The first-order valence-corrected chi connectivity index (χ1v) is 10.0. The molecule has 7 heteroatoms. The van der Waals surface area contributed by atoms with Crippen LogP contribution in [-0.4, -0.2) is 50.2 Å². The Hall–Kier alpha value is -3.19. The van der Waals surface area contributed by atoms with E-state index in [0.717, 1.165) is 40.6 Å². The monoisotopic (exact) mass is 388 g/mol. The molecule has 0 bridgehead atoms. The number of benzene rings is 1. The largest absolute Gasteiger partial charge is 0.351 e. The highest BCUT2D eigenvalue weighted by Gasteiger charge is 2.31. The number of rotatable bonds is 4. The third-order valence-corrected chi connectivity index (χ3v) is 5.75. The van der Waals surface area contributed by atoms with Gasteiger partial charge in [0.1, 0.15) is 5.69 Å². The molecule has 0 spiro atoms. The van der Waals surface area contributed by atoms with E-state index in [4.69, 9.17) is 10.8 Å². The summed E-state index contributed by atoms with van der Waals surface area (Å²) in [4.78, 5) is 22.8. The van der Waals surface area contributed by atoms with Gasteiger partial charge in [-0.25, -0.2) is 9.67 Å². The molecule has 1 fully saturated rings. The van der Waals surface area contributed by atoms with Crippen molar-refractivity contribution in [1.29, 1.82) is 0 Å². The molecule has 0 aliphatic carbocycles. The maximum absolute atomic E-state index is 13.1. The quantitative estimate of drug-likeness (QED) is 0.562. The minimum atomic E-state index is 0.0465. The fraction of sp³-hybridized carbons (Fsp3) is 0.318. The molecule has 1 amide bonds. The Morgan fingerprint density at radius 2 is 2.21 bits per heavy atom. The topological polar surface area (TPSA) is 92.8 Å². The number of aromatic nitrogens is 4. The molecule has 7 nitrogen and oxygen atoms in total. The zero-order valence-electron chi connectivity index (χ0n) is 16.4. The summed E-state index contributed by atoms with van der Waals surface area (Å²) in [5.74, 6) is 0.251. The average molecular weight is 388 g/mol. The zero-order valence-corrected chi connectivity index (χ0v) is 16.4. The molecular formula is C22H24N6O. The lowest BCUT2D eigenvalue weighted by Crippen LogP contribution is -2.28. The van der Waals surface area contributed by atoms with Gasteiger partial charge in [0.15, 0.2) is 5.65 Å². The summed E-state index contributed by atoms with van der Waals surface area (Å²) in [5.41, 5.74) is 10.4. The normalized spacial score (nSPS) is 16.9. The Bertz CT molecular complexity index is 1210. The van der Waals surface area contributed by atoms with E-state index in [0.29, 0.717) is 25.3 Å². The van der Waals surface area contributed by atoms with Crippen LogP contribution in [0.3, 0.4) is 0 Å². The molecule has 148 valence electrons. The second-order valence-corrected chi connectivity index (χ2v) is 7.78. The van der Waals surface area contributed by atoms with E-state index in [1.54, 1.807) is 6.20 Å². The van der Waals surface area contributed by atoms with Crippen molar-refractivity contribution in [3.8, 4) is 0 Å². The SMILES string of the molecule is Cc1ccc2cc(C(=O)N3CC[C@H](c4nn(CCN)c5ncccc45)C3)[nH]c2c1. The molecule has 29 heavy (non-hydrogen) atoms. The van der Waals surface area contributed by atoms with Crippen molar-refractivity contribution in [2.24, 2.45) is 5.73 Å². The third-order valence-electron chi connectivity index (χ3n) is 5.75. The number of amides is 1. The Morgan fingerprint density at radius 1 is 1.31 bits per heavy atom. The standard InChI is InChI=1S/C22H24N6O/c1-14-4-5-15-12-19(25-18(15)11-14)22(29)27-9-6-16(13-27)20-17-3-2-8-24-21(17)28(26-20)10-7-23/h2-5,8,11-12,16,25H,6-7,9-10,13,23H2,1H3/t16-/m0/s1. The number of hydrogen-bond acceptors (Lipinski definition) is 4. The van der Waals surface area contributed by atoms with Crippen LogP contribution in [0.15, 0.2) is 42.6 Å². The molecule has 4 heterocycles. The molecule has 0 unspecified atom stereocenters. The smallest absolute Gasteiger partial charge is 0.270 e. The van der Waals surface area contributed by atoms with E-state index in [-0.39, 0.29) is 11.8 Å². The van der Waals surface area contributed by atoms with Crippen LogP contribution in [-0.2, 0) is 6.54 Å². The van der Waals surface area contributed by atoms with Crippen LogP contribution in [0.25, 0.3) is 21.9 Å². The number of nitrogens with two attached hydrogens (primary N) is 1. The van der Waals surface area contributed by atoms with Gasteiger partial charge in [-0.2, -0.15) is 5.10 Å². The van der Waals surface area contributed by atoms with Crippen molar-refractivity contribution in [2.75, 3.05) is 19.6 Å². The predicted molar refractivity (Wildman–Crippen MR) is 113 cm³/mol. The molecule has 0 saturated carbocycles. The van der Waals surface area contributed by atoms with Gasteiger partial charge in [-0.1, -0.05) is 12.1 Å². The minimum absolute atomic E-state index is 0.0465. The molecule has 1 saturated heterocycles. The molecule has 5 rings (SSSR count). The summed E-state index contributed by atoms with van der Waals surface area (Å²) in [5, 5.41) is 6.92. The minimum Gasteiger partial charge on any atom is -0.351 e. The Labute approximate surface area is 168 Å². The Balaban J connectivity index is 1.41. The summed E-state index contributed by atoms with van der Waals surface area (Å²) >= 11 is 0. The van der Waals surface area contributed by atoms with Gasteiger partial charge < -0.3 is 15.6 Å². The van der Waals surface area contributed by atoms with E-state index in [9.17, 15) is 4.79 Å². The van der Waals surface area contributed by atoms with E-state index in [2.05, 4.69) is 35.1 Å². The van der Waals surface area contributed by atoms with Gasteiger partial charge in [-0.3, -0.25) is 4.79 Å². The van der Waals surface area contributed by atoms with E-state index >= 15 is 0 Å². The van der Waals surface area contributed by atoms with E-state index < -0.39 is 0 Å². The van der Waals surface area contributed by atoms with Crippen molar-refractivity contribution in [3.05, 3.63) is 59.5 Å². The second kappa shape index (κ2) is 7.00. The number of hydrogen-bond donors (Lipinski definition) is 2. The summed E-state index contributed by atoms with van der Waals surface area (Å²) in [7, 11) is 0. The van der Waals surface area contributed by atoms with Gasteiger partial charge in [-0.15, -0.1) is 0 Å². The average Bonchev–Trinajstić information content (AvgIpc) is 3.44. The molecule has 1 atom stereocenters. The summed E-state index contributed by atoms with van der Waals surface area (Å²) in [6.07, 6.45) is 2.68. The van der Waals surface area contributed by atoms with Crippen LogP contribution in [0.2, 0.25) is 0 Å². The summed E-state index contributed by atoms with van der Waals surface area (Å²) < 4.78 is 1.88. The van der Waals surface area contributed by atoms with Gasteiger partial charge in [0, 0.05) is 48.0 Å². The van der Waals surface area contributed by atoms with Crippen LogP contribution in [0.4, 0.5) is 0 Å². The summed E-state index contributed by atoms with van der Waals surface area (Å²) in [6.45, 7) is 4.59. The maximum Gasteiger partial charge on any atom is 0.270 e. The fourth-order valence-electron chi connectivity index (χ4n) is 4.31. The molecule has 3 N–H and O–H groups in total. The van der Waals surface area contributed by atoms with Gasteiger partial charge >= 0.3 is 0 Å². The number of nitrogens with zero attached hydrogens (tertiary/aromatic N) is 4. The summed E-state index contributed by atoms with van der Waals surface area (Å²) in [6, 6.07) is 12.1. The number of nitrogens with one attached hydrogen (secondary N) is 1. The Kier molecular flexibility index (Phi) is 4.32. The Morgan fingerprint density at radius 3 is 3.07 bits per heavy atom. The number of aromatic amines is 1.